The van der Waals surface area contributed by atoms with E-state index in [1.165, 1.54) is 5.56 Å². The van der Waals surface area contributed by atoms with Crippen molar-refractivity contribution in [2.24, 2.45) is 5.92 Å². The molecule has 0 amide bonds. The first-order valence-electron chi connectivity index (χ1n) is 7.73. The zero-order valence-electron chi connectivity index (χ0n) is 13.8. The van der Waals surface area contributed by atoms with Gasteiger partial charge in [0.05, 0.1) is 5.69 Å². The van der Waals surface area contributed by atoms with E-state index in [-0.39, 0.29) is 0 Å². The molecule has 0 aliphatic rings. The number of rotatable bonds is 6. The Morgan fingerprint density at radius 3 is 2.52 bits per heavy atom. The van der Waals surface area contributed by atoms with Crippen LogP contribution in [-0.4, -0.2) is 21.3 Å². The fourth-order valence-corrected chi connectivity index (χ4v) is 2.39. The molecule has 0 saturated heterocycles. The summed E-state index contributed by atoms with van der Waals surface area (Å²) in [5.74, 6) is 1.58. The third-order valence-corrected chi connectivity index (χ3v) is 3.40. The first-order valence-corrected chi connectivity index (χ1v) is 7.73. The lowest BCUT2D eigenvalue weighted by atomic mass is 10.1. The molecule has 0 unspecified atom stereocenters. The van der Waals surface area contributed by atoms with Crippen molar-refractivity contribution in [3.63, 3.8) is 0 Å². The molecule has 4 nitrogen and oxygen atoms in total. The number of hydrogen-bond acceptors (Lipinski definition) is 3. The van der Waals surface area contributed by atoms with Gasteiger partial charge in [-0.1, -0.05) is 20.8 Å². The third-order valence-electron chi connectivity index (χ3n) is 3.40. The van der Waals surface area contributed by atoms with Crippen molar-refractivity contribution in [2.75, 3.05) is 6.54 Å². The van der Waals surface area contributed by atoms with Crippen LogP contribution in [0.25, 0.3) is 5.82 Å². The highest BCUT2D eigenvalue weighted by atomic mass is 15.3. The van der Waals surface area contributed by atoms with Crippen LogP contribution in [-0.2, 0) is 13.0 Å². The van der Waals surface area contributed by atoms with E-state index in [0.29, 0.717) is 5.92 Å². The molecule has 2 aromatic rings. The fraction of sp³-hybridized carbons (Fsp3) is 0.529. The van der Waals surface area contributed by atoms with E-state index in [1.54, 1.807) is 0 Å². The molecule has 0 aliphatic heterocycles. The Kier molecular flexibility index (Phi) is 5.12. The Morgan fingerprint density at radius 2 is 1.95 bits per heavy atom. The Hall–Kier alpha value is -1.68. The van der Waals surface area contributed by atoms with E-state index < -0.39 is 0 Å². The van der Waals surface area contributed by atoms with Gasteiger partial charge in [0.25, 0.3) is 0 Å². The summed E-state index contributed by atoms with van der Waals surface area (Å²) < 4.78 is 1.93. The molecule has 114 valence electrons. The van der Waals surface area contributed by atoms with Crippen LogP contribution < -0.4 is 5.32 Å². The van der Waals surface area contributed by atoms with Gasteiger partial charge in [-0.25, -0.2) is 9.67 Å². The Labute approximate surface area is 127 Å². The number of nitrogens with one attached hydrogen (secondary N) is 1. The van der Waals surface area contributed by atoms with Crippen LogP contribution in [0.15, 0.2) is 18.2 Å². The SMILES string of the molecule is CCc1cc(CNCC(C)C)cc(-n2nc(C)cc2C)n1. The predicted molar refractivity (Wildman–Crippen MR) is 86.8 cm³/mol. The van der Waals surface area contributed by atoms with Crippen LogP contribution in [0.1, 0.15) is 43.4 Å². The number of hydrogen-bond donors (Lipinski definition) is 1. The molecule has 0 saturated carbocycles. The normalized spacial score (nSPS) is 11.3. The number of pyridine rings is 1. The van der Waals surface area contributed by atoms with Gasteiger partial charge in [0.2, 0.25) is 0 Å². The van der Waals surface area contributed by atoms with Gasteiger partial charge in [0.15, 0.2) is 5.82 Å². The molecule has 2 heterocycles. The summed E-state index contributed by atoms with van der Waals surface area (Å²) in [5, 5.41) is 8.03. The molecule has 2 aromatic heterocycles. The average molecular weight is 286 g/mol. The van der Waals surface area contributed by atoms with Crippen molar-refractivity contribution in [3.05, 3.63) is 40.8 Å². The quantitative estimate of drug-likeness (QED) is 0.887. The van der Waals surface area contributed by atoms with Crippen LogP contribution in [0.2, 0.25) is 0 Å². The first-order chi connectivity index (χ1) is 9.99. The van der Waals surface area contributed by atoms with Gasteiger partial charge in [0, 0.05) is 17.9 Å². The lowest BCUT2D eigenvalue weighted by molar-refractivity contribution is 0.551. The van der Waals surface area contributed by atoms with Gasteiger partial charge in [-0.15, -0.1) is 0 Å². The number of aryl methyl sites for hydroxylation is 3. The fourth-order valence-electron chi connectivity index (χ4n) is 2.39. The second-order valence-corrected chi connectivity index (χ2v) is 6.04. The zero-order valence-corrected chi connectivity index (χ0v) is 13.8. The lowest BCUT2D eigenvalue weighted by Gasteiger charge is -2.11. The van der Waals surface area contributed by atoms with Crippen molar-refractivity contribution in [1.29, 1.82) is 0 Å². The van der Waals surface area contributed by atoms with Gasteiger partial charge >= 0.3 is 0 Å². The maximum Gasteiger partial charge on any atom is 0.154 e. The molecule has 0 fully saturated rings. The van der Waals surface area contributed by atoms with Crippen LogP contribution in [0.3, 0.4) is 0 Å². The third kappa shape index (κ3) is 4.14. The van der Waals surface area contributed by atoms with E-state index in [4.69, 9.17) is 4.98 Å². The maximum absolute atomic E-state index is 4.71. The first kappa shape index (κ1) is 15.7. The topological polar surface area (TPSA) is 42.7 Å². The molecule has 0 aliphatic carbocycles. The van der Waals surface area contributed by atoms with Gasteiger partial charge in [-0.3, -0.25) is 0 Å². The molecule has 0 bridgehead atoms. The minimum atomic E-state index is 0.660. The van der Waals surface area contributed by atoms with Crippen molar-refractivity contribution in [2.45, 2.75) is 47.6 Å². The van der Waals surface area contributed by atoms with Gasteiger partial charge < -0.3 is 5.32 Å². The summed E-state index contributed by atoms with van der Waals surface area (Å²) in [6, 6.07) is 6.39. The molecule has 0 spiro atoms. The molecule has 0 radical (unpaired) electrons. The molecule has 21 heavy (non-hydrogen) atoms. The molecular formula is C17H26N4. The van der Waals surface area contributed by atoms with Crippen molar-refractivity contribution in [1.82, 2.24) is 20.1 Å². The monoisotopic (exact) mass is 286 g/mol. The van der Waals surface area contributed by atoms with E-state index in [2.05, 4.69) is 56.3 Å². The second-order valence-electron chi connectivity index (χ2n) is 6.04. The summed E-state index contributed by atoms with van der Waals surface area (Å²) >= 11 is 0. The smallest absolute Gasteiger partial charge is 0.154 e. The summed E-state index contributed by atoms with van der Waals surface area (Å²) in [4.78, 5) is 4.71. The van der Waals surface area contributed by atoms with Gasteiger partial charge in [0.1, 0.15) is 0 Å². The lowest BCUT2D eigenvalue weighted by Crippen LogP contribution is -2.19. The van der Waals surface area contributed by atoms with E-state index in [0.717, 1.165) is 42.4 Å². The molecule has 4 heteroatoms. The molecule has 0 atom stereocenters. The van der Waals surface area contributed by atoms with Crippen molar-refractivity contribution in [3.8, 4) is 5.82 Å². The predicted octanol–water partition coefficient (Wildman–Crippen LogP) is 3.19. The summed E-state index contributed by atoms with van der Waals surface area (Å²) in [6.45, 7) is 12.6. The summed E-state index contributed by atoms with van der Waals surface area (Å²) in [7, 11) is 0. The highest BCUT2D eigenvalue weighted by molar-refractivity contribution is 5.32. The number of nitrogens with zero attached hydrogens (tertiary/aromatic N) is 3. The maximum atomic E-state index is 4.71. The Morgan fingerprint density at radius 1 is 1.19 bits per heavy atom. The van der Waals surface area contributed by atoms with Crippen LogP contribution >= 0.6 is 0 Å². The molecule has 0 aromatic carbocycles. The van der Waals surface area contributed by atoms with Crippen molar-refractivity contribution >= 4 is 0 Å². The Bertz CT molecular complexity index is 599. The minimum Gasteiger partial charge on any atom is -0.312 e. The molecule has 1 N–H and O–H groups in total. The highest BCUT2D eigenvalue weighted by Gasteiger charge is 2.08. The highest BCUT2D eigenvalue weighted by Crippen LogP contribution is 2.14. The second kappa shape index (κ2) is 6.85. The van der Waals surface area contributed by atoms with Crippen LogP contribution in [0, 0.1) is 19.8 Å². The van der Waals surface area contributed by atoms with Crippen molar-refractivity contribution < 1.29 is 0 Å². The van der Waals surface area contributed by atoms with Gasteiger partial charge in [-0.05, 0) is 56.5 Å². The summed E-state index contributed by atoms with van der Waals surface area (Å²) in [6.07, 6.45) is 0.935. The average Bonchev–Trinajstić information content (AvgIpc) is 2.77. The van der Waals surface area contributed by atoms with Crippen LogP contribution in [0.5, 0.6) is 0 Å². The van der Waals surface area contributed by atoms with E-state index in [9.17, 15) is 0 Å². The molecule has 2 rings (SSSR count). The minimum absolute atomic E-state index is 0.660. The van der Waals surface area contributed by atoms with E-state index in [1.807, 2.05) is 11.6 Å². The Balaban J connectivity index is 2.27. The van der Waals surface area contributed by atoms with Gasteiger partial charge in [-0.2, -0.15) is 5.10 Å². The zero-order chi connectivity index (χ0) is 15.4. The van der Waals surface area contributed by atoms with Crippen LogP contribution in [0.4, 0.5) is 0 Å². The van der Waals surface area contributed by atoms with E-state index >= 15 is 0 Å². The largest absolute Gasteiger partial charge is 0.312 e. The number of aromatic nitrogens is 3. The molecular weight excluding hydrogens is 260 g/mol. The standard InChI is InChI=1S/C17H26N4/c1-6-16-8-15(11-18-10-12(2)3)9-17(19-16)21-14(5)7-13(4)20-21/h7-9,12,18H,6,10-11H2,1-5H3. The summed E-state index contributed by atoms with van der Waals surface area (Å²) in [5.41, 5.74) is 4.52.